The predicted molar refractivity (Wildman–Crippen MR) is 84.6 cm³/mol. The van der Waals surface area contributed by atoms with E-state index in [1.807, 2.05) is 6.07 Å². The van der Waals surface area contributed by atoms with E-state index in [-0.39, 0.29) is 5.75 Å². The second kappa shape index (κ2) is 9.10. The van der Waals surface area contributed by atoms with Gasteiger partial charge in [0, 0.05) is 12.8 Å². The first-order valence-corrected chi connectivity index (χ1v) is 9.14. The lowest BCUT2D eigenvalue weighted by Gasteiger charge is -2.16. The normalized spacial score (nSPS) is 11.9. The van der Waals surface area contributed by atoms with Crippen LogP contribution in [-0.2, 0) is 16.4 Å². The van der Waals surface area contributed by atoms with Gasteiger partial charge in [0.2, 0.25) is 0 Å². The molecule has 0 amide bonds. The molecule has 0 radical (unpaired) electrons. The van der Waals surface area contributed by atoms with Crippen molar-refractivity contribution < 1.29 is 8.42 Å². The predicted octanol–water partition coefficient (Wildman–Crippen LogP) is 1.53. The van der Waals surface area contributed by atoms with Gasteiger partial charge in [-0.05, 0) is 45.1 Å². The second-order valence-electron chi connectivity index (χ2n) is 5.31. The molecule has 0 saturated carbocycles. The summed E-state index contributed by atoms with van der Waals surface area (Å²) in [6, 6.07) is 10.4. The quantitative estimate of drug-likeness (QED) is 0.666. The molecule has 20 heavy (non-hydrogen) atoms. The Hall–Kier alpha value is -0.910. The Kier molecular flexibility index (Phi) is 7.80. The molecule has 5 heteroatoms. The molecule has 1 aromatic rings. The van der Waals surface area contributed by atoms with Crippen molar-refractivity contribution in [3.8, 4) is 0 Å². The summed E-state index contributed by atoms with van der Waals surface area (Å²) in [7, 11) is -0.691. The summed E-state index contributed by atoms with van der Waals surface area (Å²) in [5.41, 5.74) is 1.33. The molecule has 1 N–H and O–H groups in total. The Bertz CT molecular complexity index is 460. The zero-order valence-corrected chi connectivity index (χ0v) is 13.3. The number of sulfone groups is 1. The number of nitrogens with one attached hydrogen (secondary N) is 1. The molecule has 0 aliphatic rings. The molecule has 0 unspecified atom stereocenters. The first kappa shape index (κ1) is 17.1. The van der Waals surface area contributed by atoms with Crippen molar-refractivity contribution in [3.63, 3.8) is 0 Å². The van der Waals surface area contributed by atoms with Crippen molar-refractivity contribution in [2.24, 2.45) is 0 Å². The van der Waals surface area contributed by atoms with Crippen LogP contribution < -0.4 is 5.32 Å². The summed E-state index contributed by atoms with van der Waals surface area (Å²) < 4.78 is 21.9. The molecule has 4 nitrogen and oxygen atoms in total. The van der Waals surface area contributed by atoms with Crippen LogP contribution in [0.15, 0.2) is 30.3 Å². The first-order chi connectivity index (χ1) is 9.47. The zero-order valence-electron chi connectivity index (χ0n) is 12.5. The van der Waals surface area contributed by atoms with E-state index in [4.69, 9.17) is 0 Å². The van der Waals surface area contributed by atoms with Gasteiger partial charge in [0.05, 0.1) is 5.75 Å². The molecule has 114 valence electrons. The van der Waals surface area contributed by atoms with Gasteiger partial charge in [-0.2, -0.15) is 0 Å². The molecule has 1 aromatic carbocycles. The summed E-state index contributed by atoms with van der Waals surface area (Å²) in [4.78, 5) is 2.30. The number of benzene rings is 1. The maximum Gasteiger partial charge on any atom is 0.147 e. The van der Waals surface area contributed by atoms with Crippen LogP contribution >= 0.6 is 0 Å². The van der Waals surface area contributed by atoms with Crippen molar-refractivity contribution in [3.05, 3.63) is 35.9 Å². The van der Waals surface area contributed by atoms with Crippen molar-refractivity contribution in [1.82, 2.24) is 10.2 Å². The van der Waals surface area contributed by atoms with Crippen molar-refractivity contribution >= 4 is 9.84 Å². The molecule has 0 aliphatic carbocycles. The maximum atomic E-state index is 10.9. The lowest BCUT2D eigenvalue weighted by molar-refractivity contribution is 0.320. The minimum Gasteiger partial charge on any atom is -0.317 e. The highest BCUT2D eigenvalue weighted by atomic mass is 32.2. The Balaban J connectivity index is 2.01. The number of rotatable bonds is 10. The lowest BCUT2D eigenvalue weighted by Crippen LogP contribution is -2.25. The van der Waals surface area contributed by atoms with Crippen LogP contribution in [0.4, 0.5) is 0 Å². The molecule has 0 spiro atoms. The molecular formula is C15H26N2O2S. The molecule has 0 saturated heterocycles. The monoisotopic (exact) mass is 298 g/mol. The van der Waals surface area contributed by atoms with Gasteiger partial charge < -0.3 is 10.2 Å². The third-order valence-electron chi connectivity index (χ3n) is 3.06. The lowest BCUT2D eigenvalue weighted by atomic mass is 10.2. The fraction of sp³-hybridized carbons (Fsp3) is 0.600. The highest BCUT2D eigenvalue weighted by Crippen LogP contribution is 2.02. The smallest absolute Gasteiger partial charge is 0.147 e. The van der Waals surface area contributed by atoms with Gasteiger partial charge in [0.25, 0.3) is 0 Å². The number of hydrogen-bond donors (Lipinski definition) is 1. The molecule has 0 fully saturated rings. The summed E-state index contributed by atoms with van der Waals surface area (Å²) in [5, 5.41) is 3.29. The standard InChI is InChI=1S/C15H26N2O2S/c1-17(14-15-8-4-3-5-9-15)12-6-10-16-11-7-13-20(2,18)19/h3-5,8-9,16H,6-7,10-14H2,1-2H3. The van der Waals surface area contributed by atoms with E-state index < -0.39 is 9.84 Å². The SMILES string of the molecule is CN(CCCNCCCS(C)(=O)=O)Cc1ccccc1. The molecule has 1 rings (SSSR count). The summed E-state index contributed by atoms with van der Waals surface area (Å²) in [5.74, 6) is 0.272. The topological polar surface area (TPSA) is 49.4 Å². The second-order valence-corrected chi connectivity index (χ2v) is 7.57. The maximum absolute atomic E-state index is 10.9. The van der Waals surface area contributed by atoms with E-state index in [9.17, 15) is 8.42 Å². The van der Waals surface area contributed by atoms with Crippen LogP contribution in [0.3, 0.4) is 0 Å². The number of hydrogen-bond acceptors (Lipinski definition) is 4. The largest absolute Gasteiger partial charge is 0.317 e. The van der Waals surface area contributed by atoms with E-state index >= 15 is 0 Å². The molecule has 0 heterocycles. The summed E-state index contributed by atoms with van der Waals surface area (Å²) in [6.45, 7) is 3.71. The molecule has 0 aliphatic heterocycles. The van der Waals surface area contributed by atoms with Crippen LogP contribution in [0.25, 0.3) is 0 Å². The zero-order chi connectivity index (χ0) is 14.8. The average Bonchev–Trinajstić information content (AvgIpc) is 2.37. The van der Waals surface area contributed by atoms with Crippen molar-refractivity contribution in [2.45, 2.75) is 19.4 Å². The van der Waals surface area contributed by atoms with Gasteiger partial charge in [-0.3, -0.25) is 0 Å². The number of nitrogens with zero attached hydrogens (tertiary/aromatic N) is 1. The average molecular weight is 298 g/mol. The van der Waals surface area contributed by atoms with Gasteiger partial charge in [-0.25, -0.2) is 8.42 Å². The van der Waals surface area contributed by atoms with Crippen LogP contribution in [0, 0.1) is 0 Å². The highest BCUT2D eigenvalue weighted by Gasteiger charge is 2.01. The fourth-order valence-corrected chi connectivity index (χ4v) is 2.70. The van der Waals surface area contributed by atoms with Crippen LogP contribution in [0.2, 0.25) is 0 Å². The van der Waals surface area contributed by atoms with Crippen LogP contribution in [-0.4, -0.2) is 52.0 Å². The fourth-order valence-electron chi connectivity index (χ4n) is 2.03. The minimum absolute atomic E-state index is 0.272. The van der Waals surface area contributed by atoms with Crippen molar-refractivity contribution in [1.29, 1.82) is 0 Å². The van der Waals surface area contributed by atoms with E-state index in [2.05, 4.69) is 41.5 Å². The van der Waals surface area contributed by atoms with Gasteiger partial charge in [-0.1, -0.05) is 30.3 Å². The van der Waals surface area contributed by atoms with Crippen molar-refractivity contribution in [2.75, 3.05) is 38.7 Å². The Labute approximate surface area is 123 Å². The Morgan fingerprint density at radius 2 is 1.75 bits per heavy atom. The van der Waals surface area contributed by atoms with Gasteiger partial charge in [0.15, 0.2) is 0 Å². The Morgan fingerprint density at radius 1 is 1.10 bits per heavy atom. The Morgan fingerprint density at radius 3 is 2.40 bits per heavy atom. The van der Waals surface area contributed by atoms with E-state index in [0.29, 0.717) is 6.42 Å². The summed E-state index contributed by atoms with van der Waals surface area (Å²) >= 11 is 0. The molecular weight excluding hydrogens is 272 g/mol. The first-order valence-electron chi connectivity index (χ1n) is 7.08. The third-order valence-corrected chi connectivity index (χ3v) is 4.09. The molecule has 0 aromatic heterocycles. The third kappa shape index (κ3) is 9.07. The van der Waals surface area contributed by atoms with E-state index in [1.54, 1.807) is 0 Å². The molecule has 0 atom stereocenters. The minimum atomic E-state index is -2.81. The van der Waals surface area contributed by atoms with Gasteiger partial charge in [0.1, 0.15) is 9.84 Å². The highest BCUT2D eigenvalue weighted by molar-refractivity contribution is 7.90. The van der Waals surface area contributed by atoms with Crippen LogP contribution in [0.5, 0.6) is 0 Å². The van der Waals surface area contributed by atoms with E-state index in [0.717, 1.165) is 32.6 Å². The van der Waals surface area contributed by atoms with Gasteiger partial charge >= 0.3 is 0 Å². The van der Waals surface area contributed by atoms with Crippen LogP contribution in [0.1, 0.15) is 18.4 Å². The van der Waals surface area contributed by atoms with Gasteiger partial charge in [-0.15, -0.1) is 0 Å². The van der Waals surface area contributed by atoms with E-state index in [1.165, 1.54) is 11.8 Å². The molecule has 0 bridgehead atoms. The summed E-state index contributed by atoms with van der Waals surface area (Å²) in [6.07, 6.45) is 3.05.